The van der Waals surface area contributed by atoms with Crippen molar-refractivity contribution >= 4 is 17.9 Å². The molecule has 65 heavy (non-hydrogen) atoms. The molecule has 0 aromatic carbocycles. The molecule has 0 saturated heterocycles. The SMILES string of the molecule is CCC=CCC=CCC=CCC=CCC=CCCCC(=O)OC[C@@H](COC(=O)CCCCCCCC=CCC=CCCCCC)OC(=O)CCCCCCCC=CCCCCCCCC. The molecule has 0 aliphatic rings. The maximum absolute atomic E-state index is 12.8. The van der Waals surface area contributed by atoms with Gasteiger partial charge in [-0.1, -0.05) is 201 Å². The van der Waals surface area contributed by atoms with Gasteiger partial charge in [0.05, 0.1) is 0 Å². The maximum Gasteiger partial charge on any atom is 0.306 e. The van der Waals surface area contributed by atoms with Gasteiger partial charge in [-0.05, 0) is 116 Å². The maximum atomic E-state index is 12.8. The number of carbonyl (C=O) groups excluding carboxylic acids is 3. The Labute approximate surface area is 400 Å². The molecule has 0 aromatic rings. The second-order valence-electron chi connectivity index (χ2n) is 17.4. The second kappa shape index (κ2) is 52.9. The fourth-order valence-corrected chi connectivity index (χ4v) is 7.03. The normalized spacial score (nSPS) is 12.8. The Morgan fingerprint density at radius 1 is 0.323 bits per heavy atom. The average Bonchev–Trinajstić information content (AvgIpc) is 3.30. The van der Waals surface area contributed by atoms with Gasteiger partial charge in [0.2, 0.25) is 0 Å². The molecule has 370 valence electrons. The predicted molar refractivity (Wildman–Crippen MR) is 279 cm³/mol. The van der Waals surface area contributed by atoms with Gasteiger partial charge in [-0.15, -0.1) is 0 Å². The van der Waals surface area contributed by atoms with Crippen molar-refractivity contribution in [3.8, 4) is 0 Å². The van der Waals surface area contributed by atoms with Crippen LogP contribution in [0.25, 0.3) is 0 Å². The highest BCUT2D eigenvalue weighted by Gasteiger charge is 2.19. The molecule has 0 rings (SSSR count). The number of carbonyl (C=O) groups is 3. The molecule has 6 nitrogen and oxygen atoms in total. The molecule has 0 aliphatic heterocycles. The van der Waals surface area contributed by atoms with Crippen LogP contribution in [0.2, 0.25) is 0 Å². The van der Waals surface area contributed by atoms with Gasteiger partial charge in [0.15, 0.2) is 6.10 Å². The van der Waals surface area contributed by atoms with Crippen molar-refractivity contribution < 1.29 is 28.6 Å². The van der Waals surface area contributed by atoms with Gasteiger partial charge in [0, 0.05) is 19.3 Å². The van der Waals surface area contributed by atoms with Gasteiger partial charge in [-0.3, -0.25) is 14.4 Å². The molecule has 0 bridgehead atoms. The molecule has 0 aromatic heterocycles. The van der Waals surface area contributed by atoms with Crippen molar-refractivity contribution in [3.05, 3.63) is 97.2 Å². The third-order valence-electron chi connectivity index (χ3n) is 11.0. The topological polar surface area (TPSA) is 78.9 Å². The van der Waals surface area contributed by atoms with E-state index < -0.39 is 6.10 Å². The second-order valence-corrected chi connectivity index (χ2v) is 17.4. The van der Waals surface area contributed by atoms with Crippen molar-refractivity contribution in [2.45, 2.75) is 245 Å². The average molecular weight is 903 g/mol. The summed E-state index contributed by atoms with van der Waals surface area (Å²) in [5, 5.41) is 0. The van der Waals surface area contributed by atoms with Crippen LogP contribution in [0.15, 0.2) is 97.2 Å². The van der Waals surface area contributed by atoms with Gasteiger partial charge in [0.25, 0.3) is 0 Å². The largest absolute Gasteiger partial charge is 0.462 e. The molecule has 1 atom stereocenters. The van der Waals surface area contributed by atoms with Crippen molar-refractivity contribution in [2.75, 3.05) is 13.2 Å². The molecule has 0 spiro atoms. The van der Waals surface area contributed by atoms with Crippen molar-refractivity contribution in [1.82, 2.24) is 0 Å². The third-order valence-corrected chi connectivity index (χ3v) is 11.0. The molecule has 0 amide bonds. The van der Waals surface area contributed by atoms with E-state index in [-0.39, 0.29) is 37.5 Å². The number of rotatable bonds is 47. The van der Waals surface area contributed by atoms with Gasteiger partial charge in [-0.2, -0.15) is 0 Å². The van der Waals surface area contributed by atoms with Crippen LogP contribution in [0.5, 0.6) is 0 Å². The van der Waals surface area contributed by atoms with Gasteiger partial charge >= 0.3 is 17.9 Å². The summed E-state index contributed by atoms with van der Waals surface area (Å²) in [5.41, 5.74) is 0. The Balaban J connectivity index is 4.52. The van der Waals surface area contributed by atoms with Crippen molar-refractivity contribution in [3.63, 3.8) is 0 Å². The third kappa shape index (κ3) is 51.2. The van der Waals surface area contributed by atoms with Crippen LogP contribution in [-0.4, -0.2) is 37.2 Å². The van der Waals surface area contributed by atoms with E-state index in [9.17, 15) is 14.4 Å². The molecule has 0 unspecified atom stereocenters. The number of allylic oxidation sites excluding steroid dienone is 16. The number of esters is 3. The number of hydrogen-bond acceptors (Lipinski definition) is 6. The highest BCUT2D eigenvalue weighted by molar-refractivity contribution is 5.71. The Kier molecular flexibility index (Phi) is 50.0. The van der Waals surface area contributed by atoms with Crippen LogP contribution in [0.3, 0.4) is 0 Å². The van der Waals surface area contributed by atoms with Gasteiger partial charge in [-0.25, -0.2) is 0 Å². The monoisotopic (exact) mass is 903 g/mol. The molecule has 0 fully saturated rings. The van der Waals surface area contributed by atoms with Crippen LogP contribution in [-0.2, 0) is 28.6 Å². The van der Waals surface area contributed by atoms with Crippen molar-refractivity contribution in [2.24, 2.45) is 0 Å². The summed E-state index contributed by atoms with van der Waals surface area (Å²) >= 11 is 0. The van der Waals surface area contributed by atoms with Crippen LogP contribution in [0.4, 0.5) is 0 Å². The van der Waals surface area contributed by atoms with E-state index in [4.69, 9.17) is 14.2 Å². The smallest absolute Gasteiger partial charge is 0.306 e. The van der Waals surface area contributed by atoms with Gasteiger partial charge in [0.1, 0.15) is 13.2 Å². The number of unbranched alkanes of at least 4 members (excludes halogenated alkanes) is 20. The van der Waals surface area contributed by atoms with Gasteiger partial charge < -0.3 is 14.2 Å². The molecule has 6 heteroatoms. The summed E-state index contributed by atoms with van der Waals surface area (Å²) in [5.74, 6) is -0.990. The zero-order chi connectivity index (χ0) is 47.2. The van der Waals surface area contributed by atoms with E-state index in [0.29, 0.717) is 19.3 Å². The zero-order valence-corrected chi connectivity index (χ0v) is 42.2. The highest BCUT2D eigenvalue weighted by Crippen LogP contribution is 2.13. The quantitative estimate of drug-likeness (QED) is 0.0262. The lowest BCUT2D eigenvalue weighted by Crippen LogP contribution is -2.30. The first kappa shape index (κ1) is 61.3. The standard InChI is InChI=1S/C59H98O6/c1-4-7-10-13-16-19-22-25-28-29-32-34-37-40-43-46-49-52-58(61)64-55-56(65-59(62)53-50-47-44-41-38-35-31-27-24-21-18-15-12-9-6-3)54-63-57(60)51-48-45-42-39-36-33-30-26-23-20-17-14-11-8-5-2/h7,10,16-17,19-20,25-28,30-32,34,40,43,56H,4-6,8-9,11-15,18,21-24,29,33,35-39,41-42,44-55H2,1-3H3/t56-/m1/s1. The lowest BCUT2D eigenvalue weighted by Gasteiger charge is -2.18. The van der Waals surface area contributed by atoms with Crippen LogP contribution >= 0.6 is 0 Å². The fourth-order valence-electron chi connectivity index (χ4n) is 7.03. The summed E-state index contributed by atoms with van der Waals surface area (Å²) in [4.78, 5) is 38.0. The summed E-state index contributed by atoms with van der Waals surface area (Å²) in [6.45, 7) is 6.42. The molecule has 0 N–H and O–H groups in total. The first-order valence-corrected chi connectivity index (χ1v) is 26.7. The minimum atomic E-state index is -0.811. The minimum Gasteiger partial charge on any atom is -0.462 e. The van der Waals surface area contributed by atoms with E-state index in [1.165, 1.54) is 77.0 Å². The zero-order valence-electron chi connectivity index (χ0n) is 42.2. The van der Waals surface area contributed by atoms with Crippen molar-refractivity contribution in [1.29, 1.82) is 0 Å². The highest BCUT2D eigenvalue weighted by atomic mass is 16.6. The van der Waals surface area contributed by atoms with E-state index in [0.717, 1.165) is 116 Å². The van der Waals surface area contributed by atoms with E-state index >= 15 is 0 Å². The molecule has 0 radical (unpaired) electrons. The molecule has 0 aliphatic carbocycles. The Hall–Kier alpha value is -3.67. The first-order chi connectivity index (χ1) is 32.0. The summed E-state index contributed by atoms with van der Waals surface area (Å²) < 4.78 is 16.8. The summed E-state index contributed by atoms with van der Waals surface area (Å²) in [7, 11) is 0. The molecular formula is C59H98O6. The lowest BCUT2D eigenvalue weighted by atomic mass is 10.1. The molecular weight excluding hydrogens is 805 g/mol. The molecule has 0 heterocycles. The van der Waals surface area contributed by atoms with Crippen LogP contribution < -0.4 is 0 Å². The Morgan fingerprint density at radius 3 is 1.05 bits per heavy atom. The Bertz CT molecular complexity index is 1310. The number of ether oxygens (including phenoxy) is 3. The van der Waals surface area contributed by atoms with E-state index in [1.807, 2.05) is 0 Å². The number of hydrogen-bond donors (Lipinski definition) is 0. The first-order valence-electron chi connectivity index (χ1n) is 26.7. The van der Waals surface area contributed by atoms with Crippen LogP contribution in [0, 0.1) is 0 Å². The lowest BCUT2D eigenvalue weighted by molar-refractivity contribution is -0.167. The van der Waals surface area contributed by atoms with Crippen LogP contribution in [0.1, 0.15) is 239 Å². The fraction of sp³-hybridized carbons (Fsp3) is 0.678. The Morgan fingerprint density at radius 2 is 0.615 bits per heavy atom. The summed E-state index contributed by atoms with van der Waals surface area (Å²) in [6, 6.07) is 0. The minimum absolute atomic E-state index is 0.107. The molecule has 0 saturated carbocycles. The predicted octanol–water partition coefficient (Wildman–Crippen LogP) is 17.8. The van der Waals surface area contributed by atoms with E-state index in [1.54, 1.807) is 0 Å². The van der Waals surface area contributed by atoms with E-state index in [2.05, 4.69) is 118 Å². The summed E-state index contributed by atoms with van der Waals surface area (Å²) in [6.07, 6.45) is 69.6.